The molecule has 0 bridgehead atoms. The number of carbonyl (C=O) groups is 2. The monoisotopic (exact) mass is 284 g/mol. The summed E-state index contributed by atoms with van der Waals surface area (Å²) in [5.74, 6) is -1.74. The second-order valence-corrected chi connectivity index (χ2v) is 4.30. The highest BCUT2D eigenvalue weighted by atomic mass is 16.6. The van der Waals surface area contributed by atoms with Gasteiger partial charge in [-0.05, 0) is 10.8 Å². The quantitative estimate of drug-likeness (QED) is 0.525. The van der Waals surface area contributed by atoms with Crippen molar-refractivity contribution < 1.29 is 19.6 Å². The molecule has 9 heteroatoms. The zero-order chi connectivity index (χ0) is 15.1. The molecule has 0 spiro atoms. The van der Waals surface area contributed by atoms with Crippen LogP contribution in [0.3, 0.4) is 0 Å². The highest BCUT2D eigenvalue weighted by Gasteiger charge is 2.15. The molecule has 0 aliphatic rings. The van der Waals surface area contributed by atoms with E-state index in [4.69, 9.17) is 5.11 Å². The van der Waals surface area contributed by atoms with E-state index in [2.05, 4.69) is 10.4 Å². The predicted molar refractivity (Wildman–Crippen MR) is 67.9 cm³/mol. The second-order valence-electron chi connectivity index (χ2n) is 4.30. The minimum atomic E-state index is -0.909. The van der Waals surface area contributed by atoms with Crippen LogP contribution in [-0.4, -0.2) is 38.2 Å². The molecular formula is C11H16N4O5. The van der Waals surface area contributed by atoms with Gasteiger partial charge >= 0.3 is 11.8 Å². The van der Waals surface area contributed by atoms with Crippen LogP contribution in [0.4, 0.5) is 5.82 Å². The largest absolute Gasteiger partial charge is 0.481 e. The van der Waals surface area contributed by atoms with Crippen LogP contribution >= 0.6 is 0 Å². The summed E-state index contributed by atoms with van der Waals surface area (Å²) >= 11 is 0. The molecule has 0 radical (unpaired) electrons. The number of aromatic nitrogens is 2. The fourth-order valence-electron chi connectivity index (χ4n) is 1.61. The van der Waals surface area contributed by atoms with Crippen molar-refractivity contribution in [1.82, 2.24) is 15.1 Å². The number of nitrogens with zero attached hydrogens (tertiary/aromatic N) is 3. The fraction of sp³-hybridized carbons (Fsp3) is 0.545. The summed E-state index contributed by atoms with van der Waals surface area (Å²) in [7, 11) is 0. The van der Waals surface area contributed by atoms with Gasteiger partial charge in [-0.1, -0.05) is 13.3 Å². The Balaban J connectivity index is 2.42. The highest BCUT2D eigenvalue weighted by Crippen LogP contribution is 2.07. The number of carboxylic acid groups (broad SMARTS) is 1. The molecule has 1 aromatic rings. The van der Waals surface area contributed by atoms with E-state index < -0.39 is 10.9 Å². The molecule has 0 aliphatic heterocycles. The molecule has 1 unspecified atom stereocenters. The molecule has 1 rings (SSSR count). The molecule has 20 heavy (non-hydrogen) atoms. The Labute approximate surface area is 114 Å². The molecule has 1 atom stereocenters. The van der Waals surface area contributed by atoms with Crippen LogP contribution in [0.15, 0.2) is 12.3 Å². The maximum absolute atomic E-state index is 11.6. The number of carbonyl (C=O) groups excluding carboxylic acids is 1. The number of amides is 1. The average Bonchev–Trinajstić information content (AvgIpc) is 2.82. The Morgan fingerprint density at radius 3 is 2.80 bits per heavy atom. The lowest BCUT2D eigenvalue weighted by molar-refractivity contribution is -0.389. The Bertz CT molecular complexity index is 499. The van der Waals surface area contributed by atoms with Gasteiger partial charge in [0.15, 0.2) is 0 Å². The van der Waals surface area contributed by atoms with E-state index in [1.54, 1.807) is 0 Å². The van der Waals surface area contributed by atoms with Crippen molar-refractivity contribution >= 4 is 17.7 Å². The van der Waals surface area contributed by atoms with Crippen molar-refractivity contribution in [3.8, 4) is 0 Å². The SMILES string of the molecule is CCC(CNC(=O)Cn1ccc([N+](=O)[O-])n1)CC(=O)O. The molecule has 0 aliphatic carbocycles. The number of hydrogen-bond donors (Lipinski definition) is 2. The summed E-state index contributed by atoms with van der Waals surface area (Å²) in [6.45, 7) is 1.96. The molecule has 0 fully saturated rings. The zero-order valence-electron chi connectivity index (χ0n) is 11.0. The first-order valence-corrected chi connectivity index (χ1v) is 6.08. The lowest BCUT2D eigenvalue weighted by Gasteiger charge is -2.12. The molecule has 9 nitrogen and oxygen atoms in total. The second kappa shape index (κ2) is 7.22. The maximum atomic E-state index is 11.6. The first-order valence-electron chi connectivity index (χ1n) is 6.08. The number of hydrogen-bond acceptors (Lipinski definition) is 5. The normalized spacial score (nSPS) is 11.8. The van der Waals surface area contributed by atoms with Crippen LogP contribution in [0, 0.1) is 16.0 Å². The van der Waals surface area contributed by atoms with E-state index >= 15 is 0 Å². The smallest absolute Gasteiger partial charge is 0.389 e. The molecule has 0 saturated carbocycles. The van der Waals surface area contributed by atoms with Crippen molar-refractivity contribution in [1.29, 1.82) is 0 Å². The number of carboxylic acids is 1. The topological polar surface area (TPSA) is 127 Å². The minimum Gasteiger partial charge on any atom is -0.481 e. The summed E-state index contributed by atoms with van der Waals surface area (Å²) in [5.41, 5.74) is 0. The molecule has 0 saturated heterocycles. The van der Waals surface area contributed by atoms with Crippen molar-refractivity contribution in [2.45, 2.75) is 26.3 Å². The molecule has 0 aromatic carbocycles. The van der Waals surface area contributed by atoms with Gasteiger partial charge in [-0.3, -0.25) is 9.59 Å². The van der Waals surface area contributed by atoms with E-state index in [0.717, 1.165) is 4.68 Å². The average molecular weight is 284 g/mol. The Morgan fingerprint density at radius 2 is 2.30 bits per heavy atom. The van der Waals surface area contributed by atoms with Crippen LogP contribution in [0.1, 0.15) is 19.8 Å². The third-order valence-electron chi connectivity index (χ3n) is 2.75. The standard InChI is InChI=1S/C11H16N4O5/c1-2-8(5-11(17)18)6-12-10(16)7-14-4-3-9(13-14)15(19)20/h3-4,8H,2,5-7H2,1H3,(H,12,16)(H,17,18). The van der Waals surface area contributed by atoms with Crippen molar-refractivity contribution in [2.75, 3.05) is 6.54 Å². The zero-order valence-corrected chi connectivity index (χ0v) is 11.0. The molecule has 110 valence electrons. The van der Waals surface area contributed by atoms with Gasteiger partial charge in [-0.2, -0.15) is 4.68 Å². The number of rotatable bonds is 8. The summed E-state index contributed by atoms with van der Waals surface area (Å²) < 4.78 is 1.16. The van der Waals surface area contributed by atoms with Crippen molar-refractivity contribution in [2.24, 2.45) is 5.92 Å². The fourth-order valence-corrected chi connectivity index (χ4v) is 1.61. The molecular weight excluding hydrogens is 268 g/mol. The predicted octanol–water partition coefficient (Wildman–Crippen LogP) is 0.408. The van der Waals surface area contributed by atoms with Crippen LogP contribution in [0.25, 0.3) is 0 Å². The molecule has 1 heterocycles. The van der Waals surface area contributed by atoms with Crippen LogP contribution in [-0.2, 0) is 16.1 Å². The van der Waals surface area contributed by atoms with Gasteiger partial charge in [-0.15, -0.1) is 0 Å². The summed E-state index contributed by atoms with van der Waals surface area (Å²) in [5, 5.41) is 25.3. The van der Waals surface area contributed by atoms with E-state index in [1.165, 1.54) is 12.3 Å². The van der Waals surface area contributed by atoms with Gasteiger partial charge in [0.25, 0.3) is 0 Å². The lowest BCUT2D eigenvalue weighted by Crippen LogP contribution is -2.32. The van der Waals surface area contributed by atoms with Gasteiger partial charge in [0, 0.05) is 13.0 Å². The van der Waals surface area contributed by atoms with Crippen LogP contribution < -0.4 is 5.32 Å². The van der Waals surface area contributed by atoms with Crippen molar-refractivity contribution in [3.05, 3.63) is 22.4 Å². The number of nitro groups is 1. The first kappa shape index (κ1) is 15.6. The third-order valence-corrected chi connectivity index (χ3v) is 2.75. The van der Waals surface area contributed by atoms with Crippen molar-refractivity contribution in [3.63, 3.8) is 0 Å². The summed E-state index contributed by atoms with van der Waals surface area (Å²) in [6.07, 6.45) is 1.97. The van der Waals surface area contributed by atoms with E-state index in [9.17, 15) is 19.7 Å². The van der Waals surface area contributed by atoms with Crippen LogP contribution in [0.2, 0.25) is 0 Å². The van der Waals surface area contributed by atoms with E-state index in [-0.39, 0.29) is 37.2 Å². The van der Waals surface area contributed by atoms with Gasteiger partial charge in [0.05, 0.1) is 17.4 Å². The third kappa shape index (κ3) is 5.04. The Morgan fingerprint density at radius 1 is 1.60 bits per heavy atom. The molecule has 1 amide bonds. The number of aliphatic carboxylic acids is 1. The van der Waals surface area contributed by atoms with Crippen LogP contribution in [0.5, 0.6) is 0 Å². The minimum absolute atomic E-state index is 0.00990. The van der Waals surface area contributed by atoms with Gasteiger partial charge in [0.1, 0.15) is 6.54 Å². The van der Waals surface area contributed by atoms with Gasteiger partial charge in [0.2, 0.25) is 5.91 Å². The Kier molecular flexibility index (Phi) is 5.63. The highest BCUT2D eigenvalue weighted by molar-refractivity contribution is 5.75. The lowest BCUT2D eigenvalue weighted by atomic mass is 10.0. The first-order chi connectivity index (χ1) is 9.42. The summed E-state index contributed by atoms with van der Waals surface area (Å²) in [6, 6.07) is 1.20. The molecule has 1 aromatic heterocycles. The van der Waals surface area contributed by atoms with Gasteiger partial charge in [-0.25, -0.2) is 0 Å². The van der Waals surface area contributed by atoms with E-state index in [1.807, 2.05) is 6.92 Å². The molecule has 2 N–H and O–H groups in total. The van der Waals surface area contributed by atoms with E-state index in [0.29, 0.717) is 6.42 Å². The van der Waals surface area contributed by atoms with Gasteiger partial charge < -0.3 is 20.5 Å². The maximum Gasteiger partial charge on any atom is 0.389 e. The summed E-state index contributed by atoms with van der Waals surface area (Å²) in [4.78, 5) is 32.0. The number of nitrogens with one attached hydrogen (secondary N) is 1. The Hall–Kier alpha value is -2.45.